The summed E-state index contributed by atoms with van der Waals surface area (Å²) < 4.78 is 7.04. The van der Waals surface area contributed by atoms with E-state index in [9.17, 15) is 0 Å². The predicted octanol–water partition coefficient (Wildman–Crippen LogP) is 1.35. The molecule has 9 heteroatoms. The average molecular weight is 296 g/mol. The van der Waals surface area contributed by atoms with Crippen molar-refractivity contribution in [3.05, 3.63) is 42.7 Å². The molecule has 0 saturated carbocycles. The third-order valence-corrected chi connectivity index (χ3v) is 3.19. The van der Waals surface area contributed by atoms with Crippen LogP contribution in [0.25, 0.3) is 16.9 Å². The van der Waals surface area contributed by atoms with Crippen LogP contribution in [-0.4, -0.2) is 29.4 Å². The molecule has 9 nitrogen and oxygen atoms in total. The van der Waals surface area contributed by atoms with Crippen LogP contribution in [0.1, 0.15) is 5.69 Å². The maximum atomic E-state index is 5.60. The summed E-state index contributed by atoms with van der Waals surface area (Å²) >= 11 is 0. The van der Waals surface area contributed by atoms with Crippen molar-refractivity contribution < 1.29 is 4.52 Å². The molecule has 4 aromatic heterocycles. The summed E-state index contributed by atoms with van der Waals surface area (Å²) in [5.41, 5.74) is 3.18. The van der Waals surface area contributed by atoms with E-state index >= 15 is 0 Å². The Hall–Kier alpha value is -3.36. The van der Waals surface area contributed by atoms with Crippen LogP contribution in [0.2, 0.25) is 0 Å². The Kier molecular flexibility index (Phi) is 2.58. The molecule has 0 unspecified atom stereocenters. The van der Waals surface area contributed by atoms with E-state index in [1.165, 1.54) is 4.79 Å². The van der Waals surface area contributed by atoms with Crippen molar-refractivity contribution in [3.63, 3.8) is 0 Å². The van der Waals surface area contributed by atoms with Gasteiger partial charge in [0.05, 0.1) is 30.0 Å². The molecule has 0 amide bonds. The molecule has 0 aliphatic rings. The first-order valence-electron chi connectivity index (χ1n) is 6.53. The van der Waals surface area contributed by atoms with E-state index in [1.807, 2.05) is 17.5 Å². The highest BCUT2D eigenvalue weighted by atomic mass is 16.5. The number of aryl methyl sites for hydroxylation is 1. The molecule has 0 saturated heterocycles. The minimum atomic E-state index is 0.512. The molecular formula is C13H12N8O. The highest BCUT2D eigenvalue weighted by molar-refractivity contribution is 5.72. The first-order valence-corrected chi connectivity index (χ1v) is 6.53. The minimum Gasteiger partial charge on any atom is -0.338 e. The number of imidazole rings is 1. The third-order valence-electron chi connectivity index (χ3n) is 3.19. The molecule has 0 aromatic carbocycles. The molecule has 0 atom stereocenters. The van der Waals surface area contributed by atoms with Crippen LogP contribution in [0.4, 0.5) is 11.7 Å². The fraction of sp³-hybridized carbons (Fsp3) is 0.0769. The summed E-state index contributed by atoms with van der Waals surface area (Å²) in [7, 11) is 0. The lowest BCUT2D eigenvalue weighted by atomic mass is 10.3. The van der Waals surface area contributed by atoms with Crippen LogP contribution in [0, 0.1) is 6.92 Å². The second-order valence-corrected chi connectivity index (χ2v) is 4.78. The zero-order valence-electron chi connectivity index (χ0n) is 11.6. The highest BCUT2D eigenvalue weighted by Crippen LogP contribution is 2.24. The van der Waals surface area contributed by atoms with Gasteiger partial charge in [0, 0.05) is 24.0 Å². The van der Waals surface area contributed by atoms with E-state index in [0.29, 0.717) is 17.3 Å². The van der Waals surface area contributed by atoms with Crippen molar-refractivity contribution in [2.24, 2.45) is 0 Å². The third kappa shape index (κ3) is 1.95. The van der Waals surface area contributed by atoms with Gasteiger partial charge in [-0.25, -0.2) is 9.97 Å². The summed E-state index contributed by atoms with van der Waals surface area (Å²) in [6, 6.07) is 1.79. The van der Waals surface area contributed by atoms with Gasteiger partial charge >= 0.3 is 0 Å². The standard InChI is InChI=1S/C13H12N8O/c1-8-4-11(22-19-8)18-12-13-16-6-10(20(13)3-2-15-12)9-5-17-21(14)7-9/h2-7H,14H2,1H3,(H,15,18). The molecule has 4 aromatic rings. The topological polar surface area (TPSA) is 112 Å². The van der Waals surface area contributed by atoms with Crippen molar-refractivity contribution in [3.8, 4) is 11.3 Å². The number of hydrogen-bond donors (Lipinski definition) is 2. The molecular weight excluding hydrogens is 284 g/mol. The second kappa shape index (κ2) is 4.58. The number of rotatable bonds is 3. The van der Waals surface area contributed by atoms with Crippen LogP contribution in [-0.2, 0) is 0 Å². The zero-order valence-corrected chi connectivity index (χ0v) is 11.6. The largest absolute Gasteiger partial charge is 0.338 e. The molecule has 4 heterocycles. The molecule has 0 aliphatic heterocycles. The normalized spacial score (nSPS) is 11.1. The summed E-state index contributed by atoms with van der Waals surface area (Å²) in [4.78, 5) is 9.96. The maximum Gasteiger partial charge on any atom is 0.230 e. The van der Waals surface area contributed by atoms with E-state index in [2.05, 4.69) is 25.5 Å². The number of nitrogen functional groups attached to an aromatic ring is 1. The van der Waals surface area contributed by atoms with Gasteiger partial charge < -0.3 is 15.7 Å². The maximum absolute atomic E-state index is 5.60. The summed E-state index contributed by atoms with van der Waals surface area (Å²) in [5, 5.41) is 10.9. The number of aromatic nitrogens is 6. The SMILES string of the molecule is Cc1cc(Nc2nccn3c(-c4cnn(N)c4)cnc23)on1. The van der Waals surface area contributed by atoms with Gasteiger partial charge in [0.15, 0.2) is 11.5 Å². The van der Waals surface area contributed by atoms with Crippen LogP contribution in [0.5, 0.6) is 0 Å². The van der Waals surface area contributed by atoms with Gasteiger partial charge in [0.2, 0.25) is 5.88 Å². The zero-order chi connectivity index (χ0) is 15.1. The molecule has 110 valence electrons. The van der Waals surface area contributed by atoms with E-state index in [0.717, 1.165) is 17.0 Å². The highest BCUT2D eigenvalue weighted by Gasteiger charge is 2.12. The Balaban J connectivity index is 1.79. The Morgan fingerprint density at radius 2 is 2.18 bits per heavy atom. The average Bonchev–Trinajstić information content (AvgIpc) is 3.19. The van der Waals surface area contributed by atoms with Gasteiger partial charge in [0.25, 0.3) is 0 Å². The lowest BCUT2D eigenvalue weighted by Gasteiger charge is -2.04. The first-order chi connectivity index (χ1) is 10.7. The van der Waals surface area contributed by atoms with Crippen LogP contribution >= 0.6 is 0 Å². The van der Waals surface area contributed by atoms with Gasteiger partial charge in [0.1, 0.15) is 0 Å². The summed E-state index contributed by atoms with van der Waals surface area (Å²) in [6.07, 6.45) is 8.64. The van der Waals surface area contributed by atoms with E-state index < -0.39 is 0 Å². The van der Waals surface area contributed by atoms with Crippen molar-refractivity contribution in [2.45, 2.75) is 6.92 Å². The molecule has 22 heavy (non-hydrogen) atoms. The summed E-state index contributed by atoms with van der Waals surface area (Å²) in [5.74, 6) is 6.68. The van der Waals surface area contributed by atoms with Crippen molar-refractivity contribution >= 4 is 17.3 Å². The Labute approximate surface area is 124 Å². The predicted molar refractivity (Wildman–Crippen MR) is 78.9 cm³/mol. The van der Waals surface area contributed by atoms with Crippen molar-refractivity contribution in [2.75, 3.05) is 11.2 Å². The number of nitrogens with one attached hydrogen (secondary N) is 1. The Morgan fingerprint density at radius 1 is 1.27 bits per heavy atom. The van der Waals surface area contributed by atoms with Gasteiger partial charge in [-0.1, -0.05) is 5.16 Å². The van der Waals surface area contributed by atoms with Gasteiger partial charge in [-0.15, -0.1) is 0 Å². The monoisotopic (exact) mass is 296 g/mol. The van der Waals surface area contributed by atoms with Crippen LogP contribution < -0.4 is 11.2 Å². The molecule has 0 spiro atoms. The molecule has 0 fully saturated rings. The number of anilines is 2. The minimum absolute atomic E-state index is 0.512. The molecule has 4 rings (SSSR count). The summed E-state index contributed by atoms with van der Waals surface area (Å²) in [6.45, 7) is 1.85. The van der Waals surface area contributed by atoms with E-state index in [-0.39, 0.29) is 0 Å². The van der Waals surface area contributed by atoms with Gasteiger partial charge in [-0.2, -0.15) is 9.89 Å². The van der Waals surface area contributed by atoms with E-state index in [4.69, 9.17) is 10.4 Å². The Morgan fingerprint density at radius 3 is 2.91 bits per heavy atom. The smallest absolute Gasteiger partial charge is 0.230 e. The molecule has 0 bridgehead atoms. The van der Waals surface area contributed by atoms with Crippen LogP contribution in [0.15, 0.2) is 41.6 Å². The van der Waals surface area contributed by atoms with Crippen molar-refractivity contribution in [1.82, 2.24) is 29.4 Å². The number of nitrogens with zero attached hydrogens (tertiary/aromatic N) is 6. The van der Waals surface area contributed by atoms with Gasteiger partial charge in [-0.05, 0) is 6.92 Å². The number of fused-ring (bicyclic) bond motifs is 1. The van der Waals surface area contributed by atoms with Crippen molar-refractivity contribution in [1.29, 1.82) is 0 Å². The molecule has 0 radical (unpaired) electrons. The fourth-order valence-corrected chi connectivity index (χ4v) is 2.23. The lowest BCUT2D eigenvalue weighted by molar-refractivity contribution is 0.430. The fourth-order valence-electron chi connectivity index (χ4n) is 2.23. The van der Waals surface area contributed by atoms with Crippen LogP contribution in [0.3, 0.4) is 0 Å². The number of nitrogens with two attached hydrogens (primary N) is 1. The number of hydrogen-bond acceptors (Lipinski definition) is 7. The second-order valence-electron chi connectivity index (χ2n) is 4.78. The quantitative estimate of drug-likeness (QED) is 0.549. The van der Waals surface area contributed by atoms with E-state index in [1.54, 1.807) is 30.9 Å². The molecule has 3 N–H and O–H groups in total. The lowest BCUT2D eigenvalue weighted by Crippen LogP contribution is -2.07. The first kappa shape index (κ1) is 12.4. The molecule has 0 aliphatic carbocycles. The van der Waals surface area contributed by atoms with Gasteiger partial charge in [-0.3, -0.25) is 4.40 Å². The Bertz CT molecular complexity index is 950.